The molecule has 1 aliphatic heterocycles. The SMILES string of the molecule is CNC(=O)c1ccc(NC(=O)N2CCN(CCc3ccccc3)CC2)cc1. The molecule has 2 aromatic carbocycles. The number of piperazine rings is 1. The zero-order valence-corrected chi connectivity index (χ0v) is 15.6. The van der Waals surface area contributed by atoms with Gasteiger partial charge >= 0.3 is 6.03 Å². The number of amides is 3. The third-order valence-electron chi connectivity index (χ3n) is 4.84. The molecule has 3 amide bonds. The van der Waals surface area contributed by atoms with Gasteiger partial charge in [0.2, 0.25) is 0 Å². The molecule has 0 aliphatic carbocycles. The molecule has 0 atom stereocenters. The van der Waals surface area contributed by atoms with Gasteiger partial charge in [-0.3, -0.25) is 9.69 Å². The number of nitrogens with one attached hydrogen (secondary N) is 2. The second-order valence-corrected chi connectivity index (χ2v) is 6.65. The molecule has 0 unspecified atom stereocenters. The summed E-state index contributed by atoms with van der Waals surface area (Å²) in [6.45, 7) is 4.22. The number of benzene rings is 2. The fraction of sp³-hybridized carbons (Fsp3) is 0.333. The Bertz CT molecular complexity index is 754. The first-order valence-corrected chi connectivity index (χ1v) is 9.30. The topological polar surface area (TPSA) is 64.7 Å². The lowest BCUT2D eigenvalue weighted by molar-refractivity contribution is 0.0963. The first-order valence-electron chi connectivity index (χ1n) is 9.30. The van der Waals surface area contributed by atoms with Crippen molar-refractivity contribution in [3.63, 3.8) is 0 Å². The molecule has 1 heterocycles. The second-order valence-electron chi connectivity index (χ2n) is 6.65. The number of urea groups is 1. The number of rotatable bonds is 5. The van der Waals surface area contributed by atoms with Gasteiger partial charge in [-0.05, 0) is 36.2 Å². The Labute approximate surface area is 160 Å². The molecule has 0 aromatic heterocycles. The lowest BCUT2D eigenvalue weighted by Gasteiger charge is -2.34. The third kappa shape index (κ3) is 5.31. The Morgan fingerprint density at radius 2 is 1.59 bits per heavy atom. The van der Waals surface area contributed by atoms with Crippen molar-refractivity contribution in [2.45, 2.75) is 6.42 Å². The van der Waals surface area contributed by atoms with Gasteiger partial charge in [0.05, 0.1) is 0 Å². The molecule has 0 radical (unpaired) electrons. The number of carbonyl (C=O) groups excluding carboxylic acids is 2. The van der Waals surface area contributed by atoms with Crippen LogP contribution in [0, 0.1) is 0 Å². The standard InChI is InChI=1S/C21H26N4O2/c1-22-20(26)18-7-9-19(10-8-18)23-21(27)25-15-13-24(14-16-25)12-11-17-5-3-2-4-6-17/h2-10H,11-16H2,1H3,(H,22,26)(H,23,27). The largest absolute Gasteiger partial charge is 0.355 e. The summed E-state index contributed by atoms with van der Waals surface area (Å²) in [5.41, 5.74) is 2.61. The predicted molar refractivity (Wildman–Crippen MR) is 107 cm³/mol. The van der Waals surface area contributed by atoms with E-state index in [-0.39, 0.29) is 11.9 Å². The van der Waals surface area contributed by atoms with Gasteiger partial charge in [-0.1, -0.05) is 30.3 Å². The molecule has 2 N–H and O–H groups in total. The van der Waals surface area contributed by atoms with Gasteiger partial charge < -0.3 is 15.5 Å². The van der Waals surface area contributed by atoms with E-state index in [1.54, 1.807) is 31.3 Å². The van der Waals surface area contributed by atoms with Gasteiger partial charge in [0.25, 0.3) is 5.91 Å². The summed E-state index contributed by atoms with van der Waals surface area (Å²) >= 11 is 0. The highest BCUT2D eigenvalue weighted by Gasteiger charge is 2.21. The van der Waals surface area contributed by atoms with Crippen molar-refractivity contribution in [2.24, 2.45) is 0 Å². The number of carbonyl (C=O) groups is 2. The van der Waals surface area contributed by atoms with Crippen LogP contribution in [-0.2, 0) is 6.42 Å². The molecule has 1 fully saturated rings. The molecular weight excluding hydrogens is 340 g/mol. The van der Waals surface area contributed by atoms with Crippen LogP contribution in [0.3, 0.4) is 0 Å². The molecule has 2 aromatic rings. The summed E-state index contributed by atoms with van der Waals surface area (Å²) in [5, 5.41) is 5.48. The summed E-state index contributed by atoms with van der Waals surface area (Å²) in [4.78, 5) is 28.2. The maximum Gasteiger partial charge on any atom is 0.321 e. The van der Waals surface area contributed by atoms with Gasteiger partial charge in [0.15, 0.2) is 0 Å². The maximum absolute atomic E-state index is 12.4. The third-order valence-corrected chi connectivity index (χ3v) is 4.84. The highest BCUT2D eigenvalue weighted by molar-refractivity contribution is 5.95. The Balaban J connectivity index is 1.43. The van der Waals surface area contributed by atoms with Crippen molar-refractivity contribution in [1.29, 1.82) is 0 Å². The Morgan fingerprint density at radius 3 is 2.22 bits per heavy atom. The Morgan fingerprint density at radius 1 is 0.926 bits per heavy atom. The minimum absolute atomic E-state index is 0.0922. The van der Waals surface area contributed by atoms with Crippen molar-refractivity contribution >= 4 is 17.6 Å². The van der Waals surface area contributed by atoms with E-state index in [0.717, 1.165) is 39.1 Å². The van der Waals surface area contributed by atoms with Gasteiger partial charge in [0.1, 0.15) is 0 Å². The molecule has 6 nitrogen and oxygen atoms in total. The molecule has 142 valence electrons. The molecule has 3 rings (SSSR count). The van der Waals surface area contributed by atoms with E-state index in [1.807, 2.05) is 11.0 Å². The fourth-order valence-electron chi connectivity index (χ4n) is 3.16. The van der Waals surface area contributed by atoms with Crippen LogP contribution >= 0.6 is 0 Å². The first kappa shape index (κ1) is 18.9. The predicted octanol–water partition coefficient (Wildman–Crippen LogP) is 2.44. The van der Waals surface area contributed by atoms with Crippen molar-refractivity contribution in [3.8, 4) is 0 Å². The monoisotopic (exact) mass is 366 g/mol. The van der Waals surface area contributed by atoms with Crippen LogP contribution in [0.2, 0.25) is 0 Å². The van der Waals surface area contributed by atoms with E-state index < -0.39 is 0 Å². The Kier molecular flexibility index (Phi) is 6.44. The lowest BCUT2D eigenvalue weighted by atomic mass is 10.1. The van der Waals surface area contributed by atoms with Crippen LogP contribution in [-0.4, -0.2) is 61.5 Å². The smallest absolute Gasteiger partial charge is 0.321 e. The number of hydrogen-bond donors (Lipinski definition) is 2. The maximum atomic E-state index is 12.4. The zero-order chi connectivity index (χ0) is 19.1. The van der Waals surface area contributed by atoms with Crippen molar-refractivity contribution < 1.29 is 9.59 Å². The molecule has 1 saturated heterocycles. The summed E-state index contributed by atoms with van der Waals surface area (Å²) in [7, 11) is 1.59. The molecule has 6 heteroatoms. The summed E-state index contributed by atoms with van der Waals surface area (Å²) in [5.74, 6) is -0.139. The van der Waals surface area contributed by atoms with Crippen molar-refractivity contribution in [1.82, 2.24) is 15.1 Å². The highest BCUT2D eigenvalue weighted by Crippen LogP contribution is 2.12. The van der Waals surface area contributed by atoms with E-state index in [2.05, 4.69) is 39.8 Å². The van der Waals surface area contributed by atoms with Crippen molar-refractivity contribution in [3.05, 3.63) is 65.7 Å². The molecule has 0 spiro atoms. The van der Waals surface area contributed by atoms with Crippen LogP contribution in [0.4, 0.5) is 10.5 Å². The first-order chi connectivity index (χ1) is 13.2. The lowest BCUT2D eigenvalue weighted by Crippen LogP contribution is -2.50. The van der Waals surface area contributed by atoms with E-state index in [1.165, 1.54) is 5.56 Å². The van der Waals surface area contributed by atoms with Gasteiger partial charge in [0, 0.05) is 51.0 Å². The quantitative estimate of drug-likeness (QED) is 0.854. The molecule has 0 saturated carbocycles. The molecule has 0 bridgehead atoms. The van der Waals surface area contributed by atoms with Gasteiger partial charge in [-0.25, -0.2) is 4.79 Å². The summed E-state index contributed by atoms with van der Waals surface area (Å²) < 4.78 is 0. The molecule has 1 aliphatic rings. The number of hydrogen-bond acceptors (Lipinski definition) is 3. The van der Waals surface area contributed by atoms with Crippen LogP contribution in [0.5, 0.6) is 0 Å². The summed E-state index contributed by atoms with van der Waals surface area (Å²) in [6.07, 6.45) is 1.03. The number of anilines is 1. The highest BCUT2D eigenvalue weighted by atomic mass is 16.2. The average Bonchev–Trinajstić information content (AvgIpc) is 2.73. The second kappa shape index (κ2) is 9.19. The van der Waals surface area contributed by atoms with Gasteiger partial charge in [-0.2, -0.15) is 0 Å². The van der Waals surface area contributed by atoms with Crippen LogP contribution in [0.25, 0.3) is 0 Å². The van der Waals surface area contributed by atoms with Crippen LogP contribution in [0.1, 0.15) is 15.9 Å². The zero-order valence-electron chi connectivity index (χ0n) is 15.6. The normalized spacial score (nSPS) is 14.6. The minimum Gasteiger partial charge on any atom is -0.355 e. The van der Waals surface area contributed by atoms with E-state index in [0.29, 0.717) is 11.3 Å². The van der Waals surface area contributed by atoms with Crippen molar-refractivity contribution in [2.75, 3.05) is 45.1 Å². The minimum atomic E-state index is -0.139. The number of nitrogens with zero attached hydrogens (tertiary/aromatic N) is 2. The molecule has 27 heavy (non-hydrogen) atoms. The van der Waals surface area contributed by atoms with E-state index in [4.69, 9.17) is 0 Å². The molecular formula is C21H26N4O2. The van der Waals surface area contributed by atoms with Gasteiger partial charge in [-0.15, -0.1) is 0 Å². The van der Waals surface area contributed by atoms with E-state index >= 15 is 0 Å². The van der Waals surface area contributed by atoms with E-state index in [9.17, 15) is 9.59 Å². The summed E-state index contributed by atoms with van der Waals surface area (Å²) in [6, 6.07) is 17.3. The Hall–Kier alpha value is -2.86. The fourth-order valence-corrected chi connectivity index (χ4v) is 3.16. The van der Waals surface area contributed by atoms with Crippen LogP contribution in [0.15, 0.2) is 54.6 Å². The van der Waals surface area contributed by atoms with Crippen LogP contribution < -0.4 is 10.6 Å². The average molecular weight is 366 g/mol.